The predicted octanol–water partition coefficient (Wildman–Crippen LogP) is 5.03. The van der Waals surface area contributed by atoms with Crippen LogP contribution in [0.25, 0.3) is 0 Å². The number of ether oxygens (including phenoxy) is 1. The highest BCUT2D eigenvalue weighted by Crippen LogP contribution is 2.39. The van der Waals surface area contributed by atoms with E-state index in [0.717, 1.165) is 11.6 Å². The molecule has 148 valence electrons. The Labute approximate surface area is 176 Å². The van der Waals surface area contributed by atoms with E-state index in [0.29, 0.717) is 42.6 Å². The zero-order chi connectivity index (χ0) is 20.3. The summed E-state index contributed by atoms with van der Waals surface area (Å²) in [6, 6.07) is 9.10. The average Bonchev–Trinajstić information content (AvgIpc) is 2.66. The molecule has 0 aliphatic carbocycles. The van der Waals surface area contributed by atoms with Crippen molar-refractivity contribution in [2.45, 2.75) is 18.3 Å². The Bertz CT molecular complexity index is 914. The molecule has 0 unspecified atom stereocenters. The van der Waals surface area contributed by atoms with E-state index in [1.807, 2.05) is 6.07 Å². The minimum absolute atomic E-state index is 0.0252. The summed E-state index contributed by atoms with van der Waals surface area (Å²) in [7, 11) is 0. The number of nitrogens with zero attached hydrogens (tertiary/aromatic N) is 1. The van der Waals surface area contributed by atoms with Crippen molar-refractivity contribution in [3.63, 3.8) is 0 Å². The summed E-state index contributed by atoms with van der Waals surface area (Å²) in [5, 5.41) is 14.8. The summed E-state index contributed by atoms with van der Waals surface area (Å²) in [5.41, 5.74) is 0.507. The van der Waals surface area contributed by atoms with Crippen LogP contribution in [0.3, 0.4) is 0 Å². The molecule has 0 radical (unpaired) electrons. The Morgan fingerprint density at radius 2 is 1.82 bits per heavy atom. The van der Waals surface area contributed by atoms with Gasteiger partial charge in [0.1, 0.15) is 0 Å². The largest absolute Gasteiger partial charge is 0.381 e. The Morgan fingerprint density at radius 3 is 2.43 bits per heavy atom. The van der Waals surface area contributed by atoms with Crippen molar-refractivity contribution in [2.24, 2.45) is 0 Å². The Hall–Kier alpha value is -1.86. The average molecular weight is 444 g/mol. The molecule has 6 nitrogen and oxygen atoms in total. The zero-order valence-electron chi connectivity index (χ0n) is 14.7. The van der Waals surface area contributed by atoms with Crippen LogP contribution in [0.15, 0.2) is 36.4 Å². The molecule has 0 bridgehead atoms. The highest BCUT2D eigenvalue weighted by molar-refractivity contribution is 6.35. The molecule has 1 fully saturated rings. The molecular weight excluding hydrogens is 427 g/mol. The lowest BCUT2D eigenvalue weighted by Gasteiger charge is -2.38. The van der Waals surface area contributed by atoms with Crippen molar-refractivity contribution in [1.82, 2.24) is 5.32 Å². The van der Waals surface area contributed by atoms with Gasteiger partial charge in [-0.25, -0.2) is 0 Å². The summed E-state index contributed by atoms with van der Waals surface area (Å²) in [6.45, 7) is 1.42. The fourth-order valence-corrected chi connectivity index (χ4v) is 4.24. The Morgan fingerprint density at radius 1 is 1.11 bits per heavy atom. The number of carbonyl (C=O) groups excluding carboxylic acids is 1. The molecule has 0 atom stereocenters. The summed E-state index contributed by atoms with van der Waals surface area (Å²) in [5.74, 6) is -0.407. The lowest BCUT2D eigenvalue weighted by atomic mass is 9.74. The number of carbonyl (C=O) groups is 1. The SMILES string of the molecule is O=C(NCC1(c2ccc(Cl)cc2Cl)CCOCC1)c1ccc([N+](=O)[O-])cc1Cl. The minimum Gasteiger partial charge on any atom is -0.381 e. The van der Waals surface area contributed by atoms with Gasteiger partial charge in [0.15, 0.2) is 0 Å². The second kappa shape index (κ2) is 8.66. The monoisotopic (exact) mass is 442 g/mol. The molecule has 2 aromatic rings. The minimum atomic E-state index is -0.562. The molecular formula is C19H17Cl3N2O4. The topological polar surface area (TPSA) is 81.5 Å². The van der Waals surface area contributed by atoms with Gasteiger partial charge in [-0.15, -0.1) is 0 Å². The quantitative estimate of drug-likeness (QED) is 0.519. The lowest BCUT2D eigenvalue weighted by molar-refractivity contribution is -0.384. The summed E-state index contributed by atoms with van der Waals surface area (Å²) < 4.78 is 5.49. The first-order chi connectivity index (χ1) is 13.3. The van der Waals surface area contributed by atoms with Crippen LogP contribution in [0.2, 0.25) is 15.1 Å². The van der Waals surface area contributed by atoms with Gasteiger partial charge in [0, 0.05) is 47.4 Å². The van der Waals surface area contributed by atoms with Crippen molar-refractivity contribution in [3.8, 4) is 0 Å². The third kappa shape index (κ3) is 4.41. The standard InChI is InChI=1S/C19H17Cl3N2O4/c20-12-1-4-15(17(22)9-12)19(5-7-28-8-6-19)11-23-18(25)14-3-2-13(24(26)27)10-16(14)21/h1-4,9-10H,5-8,11H2,(H,23,25). The van der Waals surface area contributed by atoms with Crippen LogP contribution in [0.4, 0.5) is 5.69 Å². The fourth-order valence-electron chi connectivity index (χ4n) is 3.37. The van der Waals surface area contributed by atoms with Gasteiger partial charge >= 0.3 is 0 Å². The number of non-ortho nitro benzene ring substituents is 1. The van der Waals surface area contributed by atoms with Gasteiger partial charge in [0.25, 0.3) is 11.6 Å². The maximum absolute atomic E-state index is 12.7. The maximum atomic E-state index is 12.7. The smallest absolute Gasteiger partial charge is 0.270 e. The Kier molecular flexibility index (Phi) is 6.45. The molecule has 1 aliphatic heterocycles. The van der Waals surface area contributed by atoms with E-state index in [2.05, 4.69) is 5.32 Å². The molecule has 3 rings (SSSR count). The second-order valence-corrected chi connectivity index (χ2v) is 7.87. The van der Waals surface area contributed by atoms with E-state index < -0.39 is 16.2 Å². The van der Waals surface area contributed by atoms with Gasteiger partial charge in [0.05, 0.1) is 15.5 Å². The van der Waals surface area contributed by atoms with Crippen LogP contribution in [0.5, 0.6) is 0 Å². The third-order valence-electron chi connectivity index (χ3n) is 4.95. The van der Waals surface area contributed by atoms with Crippen LogP contribution in [0, 0.1) is 10.1 Å². The molecule has 1 heterocycles. The van der Waals surface area contributed by atoms with Crippen LogP contribution in [-0.2, 0) is 10.2 Å². The molecule has 1 aliphatic rings. The van der Waals surface area contributed by atoms with E-state index in [4.69, 9.17) is 39.5 Å². The van der Waals surface area contributed by atoms with Crippen molar-refractivity contribution < 1.29 is 14.5 Å². The number of hydrogen-bond acceptors (Lipinski definition) is 4. The van der Waals surface area contributed by atoms with E-state index in [-0.39, 0.29) is 16.3 Å². The van der Waals surface area contributed by atoms with Crippen molar-refractivity contribution >= 4 is 46.4 Å². The molecule has 1 saturated heterocycles. The van der Waals surface area contributed by atoms with Gasteiger partial charge in [-0.2, -0.15) is 0 Å². The number of nitrogens with one attached hydrogen (secondary N) is 1. The maximum Gasteiger partial charge on any atom is 0.270 e. The van der Waals surface area contributed by atoms with Crippen molar-refractivity contribution in [2.75, 3.05) is 19.8 Å². The van der Waals surface area contributed by atoms with Crippen LogP contribution < -0.4 is 5.32 Å². The molecule has 9 heteroatoms. The molecule has 0 spiro atoms. The Balaban J connectivity index is 1.83. The van der Waals surface area contributed by atoms with Gasteiger partial charge in [-0.3, -0.25) is 14.9 Å². The van der Waals surface area contributed by atoms with E-state index in [1.165, 1.54) is 12.1 Å². The molecule has 2 aromatic carbocycles. The summed E-state index contributed by atoms with van der Waals surface area (Å²) in [6.07, 6.45) is 1.37. The highest BCUT2D eigenvalue weighted by atomic mass is 35.5. The zero-order valence-corrected chi connectivity index (χ0v) is 17.0. The lowest BCUT2D eigenvalue weighted by Crippen LogP contribution is -2.44. The molecule has 1 amide bonds. The molecule has 28 heavy (non-hydrogen) atoms. The number of rotatable bonds is 5. The van der Waals surface area contributed by atoms with Gasteiger partial charge in [-0.05, 0) is 36.6 Å². The molecule has 0 aromatic heterocycles. The second-order valence-electron chi connectivity index (χ2n) is 6.62. The van der Waals surface area contributed by atoms with E-state index >= 15 is 0 Å². The van der Waals surface area contributed by atoms with Crippen molar-refractivity contribution in [1.29, 1.82) is 0 Å². The number of benzene rings is 2. The summed E-state index contributed by atoms with van der Waals surface area (Å²) >= 11 is 18.5. The van der Waals surface area contributed by atoms with Crippen molar-refractivity contribution in [3.05, 3.63) is 72.7 Å². The number of hydrogen-bond donors (Lipinski definition) is 1. The first kappa shape index (κ1) is 20.9. The molecule has 0 saturated carbocycles. The highest BCUT2D eigenvalue weighted by Gasteiger charge is 2.36. The van der Waals surface area contributed by atoms with Crippen LogP contribution in [0.1, 0.15) is 28.8 Å². The van der Waals surface area contributed by atoms with Gasteiger partial charge < -0.3 is 10.1 Å². The third-order valence-corrected chi connectivity index (χ3v) is 5.81. The van der Waals surface area contributed by atoms with Gasteiger partial charge in [-0.1, -0.05) is 40.9 Å². The summed E-state index contributed by atoms with van der Waals surface area (Å²) in [4.78, 5) is 22.9. The number of amides is 1. The van der Waals surface area contributed by atoms with Crippen LogP contribution in [-0.4, -0.2) is 30.6 Å². The fraction of sp³-hybridized carbons (Fsp3) is 0.316. The van der Waals surface area contributed by atoms with Gasteiger partial charge in [0.2, 0.25) is 0 Å². The number of halogens is 3. The predicted molar refractivity (Wildman–Crippen MR) is 109 cm³/mol. The number of nitro benzene ring substituents is 1. The first-order valence-electron chi connectivity index (χ1n) is 8.58. The van der Waals surface area contributed by atoms with E-state index in [9.17, 15) is 14.9 Å². The van der Waals surface area contributed by atoms with E-state index in [1.54, 1.807) is 12.1 Å². The normalized spacial score (nSPS) is 15.8. The van der Waals surface area contributed by atoms with Crippen LogP contribution >= 0.6 is 34.8 Å². The molecule has 1 N–H and O–H groups in total. The first-order valence-corrected chi connectivity index (χ1v) is 9.71. The number of nitro groups is 1.